The summed E-state index contributed by atoms with van der Waals surface area (Å²) in [5.74, 6) is 2.16. The number of guanidine groups is 1. The van der Waals surface area contributed by atoms with Crippen molar-refractivity contribution in [3.8, 4) is 0 Å². The van der Waals surface area contributed by atoms with Crippen molar-refractivity contribution in [2.75, 3.05) is 20.2 Å². The molecular formula is C14H28IN3O. The zero-order chi connectivity index (χ0) is 12.8. The van der Waals surface area contributed by atoms with Crippen LogP contribution in [0.2, 0.25) is 0 Å². The van der Waals surface area contributed by atoms with Crippen LogP contribution < -0.4 is 11.1 Å². The number of ether oxygens (including phenoxy) is 1. The zero-order valence-corrected chi connectivity index (χ0v) is 14.3. The SMILES string of the molecule is COC1CCC(CNC(N)=NCC2CCC2)CC1.I. The summed E-state index contributed by atoms with van der Waals surface area (Å²) < 4.78 is 5.38. The fourth-order valence-corrected chi connectivity index (χ4v) is 2.78. The quantitative estimate of drug-likeness (QED) is 0.437. The highest BCUT2D eigenvalue weighted by atomic mass is 127. The van der Waals surface area contributed by atoms with Gasteiger partial charge in [0, 0.05) is 20.2 Å². The summed E-state index contributed by atoms with van der Waals surface area (Å²) in [6.45, 7) is 1.88. The van der Waals surface area contributed by atoms with Gasteiger partial charge in [-0.2, -0.15) is 0 Å². The third-order valence-electron chi connectivity index (χ3n) is 4.44. The minimum atomic E-state index is 0. The summed E-state index contributed by atoms with van der Waals surface area (Å²) in [4.78, 5) is 4.42. The van der Waals surface area contributed by atoms with Gasteiger partial charge in [0.15, 0.2) is 5.96 Å². The molecule has 3 N–H and O–H groups in total. The molecule has 0 bridgehead atoms. The average Bonchev–Trinajstić information content (AvgIpc) is 2.35. The van der Waals surface area contributed by atoms with Crippen LogP contribution in [-0.2, 0) is 4.74 Å². The van der Waals surface area contributed by atoms with E-state index in [1.165, 1.54) is 44.9 Å². The van der Waals surface area contributed by atoms with Gasteiger partial charge < -0.3 is 15.8 Å². The van der Waals surface area contributed by atoms with Gasteiger partial charge in [-0.3, -0.25) is 4.99 Å². The maximum Gasteiger partial charge on any atom is 0.188 e. The van der Waals surface area contributed by atoms with Gasteiger partial charge in [-0.15, -0.1) is 24.0 Å². The number of nitrogens with zero attached hydrogens (tertiary/aromatic N) is 1. The van der Waals surface area contributed by atoms with Gasteiger partial charge in [0.05, 0.1) is 6.10 Å². The lowest BCUT2D eigenvalue weighted by atomic mass is 9.86. The van der Waals surface area contributed by atoms with E-state index in [4.69, 9.17) is 10.5 Å². The maximum absolute atomic E-state index is 5.89. The number of halogens is 1. The first-order valence-corrected chi connectivity index (χ1v) is 7.34. The van der Waals surface area contributed by atoms with E-state index in [1.54, 1.807) is 0 Å². The third-order valence-corrected chi connectivity index (χ3v) is 4.44. The van der Waals surface area contributed by atoms with Gasteiger partial charge in [0.2, 0.25) is 0 Å². The Labute approximate surface area is 134 Å². The predicted octanol–water partition coefficient (Wildman–Crippen LogP) is 2.51. The molecule has 2 aliphatic carbocycles. The highest BCUT2D eigenvalue weighted by molar-refractivity contribution is 14.0. The van der Waals surface area contributed by atoms with Crippen LogP contribution in [0.4, 0.5) is 0 Å². The molecule has 2 saturated carbocycles. The standard InChI is InChI=1S/C14H27N3O.HI/c1-18-13-7-5-12(6-8-13)10-17-14(15)16-9-11-3-2-4-11;/h11-13H,2-10H2,1H3,(H3,15,16,17);1H. The molecule has 0 aliphatic heterocycles. The average molecular weight is 381 g/mol. The molecule has 0 aromatic heterocycles. The van der Waals surface area contributed by atoms with Crippen LogP contribution in [0.25, 0.3) is 0 Å². The van der Waals surface area contributed by atoms with Crippen molar-refractivity contribution in [2.24, 2.45) is 22.6 Å². The van der Waals surface area contributed by atoms with Gasteiger partial charge in [-0.25, -0.2) is 0 Å². The lowest BCUT2D eigenvalue weighted by Gasteiger charge is -2.28. The lowest BCUT2D eigenvalue weighted by Crippen LogP contribution is -2.37. The maximum atomic E-state index is 5.89. The van der Waals surface area contributed by atoms with Crippen molar-refractivity contribution in [2.45, 2.75) is 51.0 Å². The first-order valence-electron chi connectivity index (χ1n) is 7.34. The molecule has 0 saturated heterocycles. The second-order valence-electron chi connectivity index (χ2n) is 5.78. The summed E-state index contributed by atoms with van der Waals surface area (Å²) in [6.07, 6.45) is 9.35. The Balaban J connectivity index is 0.00000180. The van der Waals surface area contributed by atoms with Crippen molar-refractivity contribution in [1.29, 1.82) is 0 Å². The summed E-state index contributed by atoms with van der Waals surface area (Å²) in [6, 6.07) is 0. The number of aliphatic imine (C=N–C) groups is 1. The molecule has 0 spiro atoms. The molecule has 0 atom stereocenters. The van der Waals surface area contributed by atoms with Crippen molar-refractivity contribution in [1.82, 2.24) is 5.32 Å². The Hall–Kier alpha value is -0.0400. The van der Waals surface area contributed by atoms with Crippen molar-refractivity contribution in [3.63, 3.8) is 0 Å². The molecular weight excluding hydrogens is 353 g/mol. The molecule has 2 rings (SSSR count). The Kier molecular flexibility index (Phi) is 8.06. The Morgan fingerprint density at radius 3 is 2.37 bits per heavy atom. The summed E-state index contributed by atoms with van der Waals surface area (Å²) >= 11 is 0. The molecule has 2 aliphatic rings. The Morgan fingerprint density at radius 1 is 1.16 bits per heavy atom. The second-order valence-corrected chi connectivity index (χ2v) is 5.78. The van der Waals surface area contributed by atoms with Gasteiger partial charge in [-0.1, -0.05) is 6.42 Å². The number of hydrogen-bond donors (Lipinski definition) is 2. The van der Waals surface area contributed by atoms with E-state index in [9.17, 15) is 0 Å². The van der Waals surface area contributed by atoms with E-state index < -0.39 is 0 Å². The summed E-state index contributed by atoms with van der Waals surface area (Å²) in [5.41, 5.74) is 5.89. The third kappa shape index (κ3) is 5.85. The highest BCUT2D eigenvalue weighted by Gasteiger charge is 2.20. The van der Waals surface area contributed by atoms with E-state index in [0.717, 1.165) is 24.9 Å². The molecule has 0 unspecified atom stereocenters. The van der Waals surface area contributed by atoms with Crippen LogP contribution in [0.1, 0.15) is 44.9 Å². The highest BCUT2D eigenvalue weighted by Crippen LogP contribution is 2.26. The second kappa shape index (κ2) is 9.00. The van der Waals surface area contributed by atoms with E-state index in [0.29, 0.717) is 12.1 Å². The molecule has 0 radical (unpaired) electrons. The predicted molar refractivity (Wildman–Crippen MR) is 90.0 cm³/mol. The van der Waals surface area contributed by atoms with Gasteiger partial charge >= 0.3 is 0 Å². The van der Waals surface area contributed by atoms with Crippen LogP contribution in [0.3, 0.4) is 0 Å². The van der Waals surface area contributed by atoms with E-state index in [2.05, 4.69) is 10.3 Å². The topological polar surface area (TPSA) is 59.6 Å². The number of methoxy groups -OCH3 is 1. The van der Waals surface area contributed by atoms with Crippen LogP contribution in [0.15, 0.2) is 4.99 Å². The smallest absolute Gasteiger partial charge is 0.188 e. The Morgan fingerprint density at radius 2 is 1.84 bits per heavy atom. The zero-order valence-electron chi connectivity index (χ0n) is 11.9. The molecule has 0 amide bonds. The molecule has 4 nitrogen and oxygen atoms in total. The number of hydrogen-bond acceptors (Lipinski definition) is 2. The lowest BCUT2D eigenvalue weighted by molar-refractivity contribution is 0.0574. The first kappa shape index (κ1) is 17.0. The Bertz CT molecular complexity index is 274. The largest absolute Gasteiger partial charge is 0.381 e. The molecule has 0 aromatic rings. The van der Waals surface area contributed by atoms with Crippen LogP contribution in [0.5, 0.6) is 0 Å². The van der Waals surface area contributed by atoms with Gasteiger partial charge in [0.25, 0.3) is 0 Å². The molecule has 0 heterocycles. The fourth-order valence-electron chi connectivity index (χ4n) is 2.78. The van der Waals surface area contributed by atoms with E-state index in [1.807, 2.05) is 7.11 Å². The number of nitrogens with two attached hydrogens (primary N) is 1. The van der Waals surface area contributed by atoms with Gasteiger partial charge in [0.1, 0.15) is 0 Å². The van der Waals surface area contributed by atoms with E-state index in [-0.39, 0.29) is 24.0 Å². The minimum absolute atomic E-state index is 0. The minimum Gasteiger partial charge on any atom is -0.381 e. The fraction of sp³-hybridized carbons (Fsp3) is 0.929. The van der Waals surface area contributed by atoms with Crippen LogP contribution in [-0.4, -0.2) is 32.3 Å². The van der Waals surface area contributed by atoms with Crippen LogP contribution >= 0.6 is 24.0 Å². The molecule has 2 fully saturated rings. The van der Waals surface area contributed by atoms with Crippen molar-refractivity contribution >= 4 is 29.9 Å². The molecule has 0 aromatic carbocycles. The molecule has 5 heteroatoms. The number of nitrogens with one attached hydrogen (secondary N) is 1. The first-order chi connectivity index (χ1) is 8.78. The summed E-state index contributed by atoms with van der Waals surface area (Å²) in [5, 5.41) is 3.28. The summed E-state index contributed by atoms with van der Waals surface area (Å²) in [7, 11) is 1.81. The van der Waals surface area contributed by atoms with Gasteiger partial charge in [-0.05, 0) is 50.4 Å². The molecule has 112 valence electrons. The monoisotopic (exact) mass is 381 g/mol. The van der Waals surface area contributed by atoms with Crippen molar-refractivity contribution < 1.29 is 4.74 Å². The normalized spacial score (nSPS) is 28.4. The molecule has 19 heavy (non-hydrogen) atoms. The van der Waals surface area contributed by atoms with Crippen molar-refractivity contribution in [3.05, 3.63) is 0 Å². The van der Waals surface area contributed by atoms with E-state index >= 15 is 0 Å². The van der Waals surface area contributed by atoms with Crippen LogP contribution in [0, 0.1) is 11.8 Å². The number of rotatable bonds is 5.